The number of piperidine rings is 1. The zero-order valence-electron chi connectivity index (χ0n) is 20.6. The summed E-state index contributed by atoms with van der Waals surface area (Å²) in [7, 11) is 0. The molecule has 5 heterocycles. The first-order valence-electron chi connectivity index (χ1n) is 13.0. The van der Waals surface area contributed by atoms with Crippen LogP contribution in [-0.2, 0) is 6.42 Å². The molecule has 2 atom stereocenters. The predicted molar refractivity (Wildman–Crippen MR) is 140 cm³/mol. The molecule has 8 nitrogen and oxygen atoms in total. The molecule has 1 aliphatic carbocycles. The number of halogens is 1. The van der Waals surface area contributed by atoms with E-state index in [0.29, 0.717) is 24.1 Å². The van der Waals surface area contributed by atoms with Gasteiger partial charge in [-0.2, -0.15) is 0 Å². The van der Waals surface area contributed by atoms with Crippen molar-refractivity contribution in [2.45, 2.75) is 50.5 Å². The van der Waals surface area contributed by atoms with Crippen LogP contribution >= 0.6 is 0 Å². The molecule has 1 aliphatic heterocycles. The zero-order chi connectivity index (χ0) is 25.2. The summed E-state index contributed by atoms with van der Waals surface area (Å²) in [6.45, 7) is 1.57. The molecule has 3 N–H and O–H groups in total. The summed E-state index contributed by atoms with van der Waals surface area (Å²) in [5.41, 5.74) is 3.83. The number of rotatable bonds is 7. The van der Waals surface area contributed by atoms with Gasteiger partial charge in [0, 0.05) is 36.1 Å². The van der Waals surface area contributed by atoms with Crippen molar-refractivity contribution in [2.24, 2.45) is 5.92 Å². The molecule has 0 spiro atoms. The lowest BCUT2D eigenvalue weighted by Gasteiger charge is -2.29. The van der Waals surface area contributed by atoms with E-state index in [0.717, 1.165) is 48.0 Å². The lowest BCUT2D eigenvalue weighted by atomic mass is 9.79. The van der Waals surface area contributed by atoms with E-state index in [1.807, 2.05) is 18.5 Å². The number of nitrogens with one attached hydrogen (secondary N) is 2. The second-order valence-corrected chi connectivity index (χ2v) is 9.99. The number of nitrogens with zero attached hydrogens (tertiary/aromatic N) is 5. The highest BCUT2D eigenvalue weighted by Gasteiger charge is 2.26. The molecule has 2 fully saturated rings. The molecular formula is C28H30FN7O. The molecule has 9 heteroatoms. The molecule has 6 rings (SSSR count). The topological polar surface area (TPSA) is 109 Å². The van der Waals surface area contributed by atoms with Gasteiger partial charge in [0.1, 0.15) is 5.82 Å². The second-order valence-electron chi connectivity index (χ2n) is 9.99. The van der Waals surface area contributed by atoms with E-state index in [-0.39, 0.29) is 17.8 Å². The third-order valence-electron chi connectivity index (χ3n) is 7.62. The molecule has 190 valence electrons. The highest BCUT2D eigenvalue weighted by molar-refractivity contribution is 5.86. The number of hydrogen-bond donors (Lipinski definition) is 3. The first-order chi connectivity index (χ1) is 18.2. The molecule has 2 aliphatic rings. The van der Waals surface area contributed by atoms with Crippen LogP contribution in [0.15, 0.2) is 49.1 Å². The van der Waals surface area contributed by atoms with Crippen LogP contribution in [0.3, 0.4) is 0 Å². The third kappa shape index (κ3) is 5.01. The summed E-state index contributed by atoms with van der Waals surface area (Å²) in [6.07, 6.45) is 12.8. The Morgan fingerprint density at radius 1 is 1.08 bits per heavy atom. The lowest BCUT2D eigenvalue weighted by Crippen LogP contribution is -2.40. The SMILES string of the molecule is O[C@H]1CNCC[C@H]1CCc1nc(-c2ccnc(Nc3ncccc3F)c2)nc2cncc(C3CCC3)c12. The van der Waals surface area contributed by atoms with E-state index in [1.54, 1.807) is 18.3 Å². The van der Waals surface area contributed by atoms with Gasteiger partial charge in [-0.05, 0) is 80.3 Å². The van der Waals surface area contributed by atoms with Gasteiger partial charge in [-0.25, -0.2) is 24.3 Å². The Labute approximate surface area is 214 Å². The van der Waals surface area contributed by atoms with Gasteiger partial charge in [-0.3, -0.25) is 4.98 Å². The Hall–Kier alpha value is -3.56. The van der Waals surface area contributed by atoms with Crippen LogP contribution < -0.4 is 10.6 Å². The molecule has 0 radical (unpaired) electrons. The molecule has 4 aromatic heterocycles. The normalized spacial score (nSPS) is 20.1. The van der Waals surface area contributed by atoms with Crippen LogP contribution in [0.4, 0.5) is 16.0 Å². The van der Waals surface area contributed by atoms with Gasteiger partial charge in [0.15, 0.2) is 17.5 Å². The maximum Gasteiger partial charge on any atom is 0.167 e. The van der Waals surface area contributed by atoms with Gasteiger partial charge >= 0.3 is 0 Å². The van der Waals surface area contributed by atoms with Gasteiger partial charge in [-0.1, -0.05) is 6.42 Å². The molecular weight excluding hydrogens is 469 g/mol. The van der Waals surface area contributed by atoms with Crippen molar-refractivity contribution >= 4 is 22.5 Å². The van der Waals surface area contributed by atoms with Crippen molar-refractivity contribution < 1.29 is 9.50 Å². The summed E-state index contributed by atoms with van der Waals surface area (Å²) in [5, 5.41) is 17.8. The van der Waals surface area contributed by atoms with Crippen molar-refractivity contribution in [2.75, 3.05) is 18.4 Å². The van der Waals surface area contributed by atoms with E-state index in [2.05, 4.69) is 25.6 Å². The number of pyridine rings is 3. The van der Waals surface area contributed by atoms with Crippen molar-refractivity contribution in [3.63, 3.8) is 0 Å². The number of aryl methyl sites for hydroxylation is 1. The van der Waals surface area contributed by atoms with Gasteiger partial charge in [0.05, 0.1) is 23.5 Å². The number of aliphatic hydroxyl groups is 1. The van der Waals surface area contributed by atoms with Gasteiger partial charge in [0.25, 0.3) is 0 Å². The fourth-order valence-electron chi connectivity index (χ4n) is 5.32. The second kappa shape index (κ2) is 10.4. The molecule has 0 bridgehead atoms. The Bertz CT molecular complexity index is 1410. The fraction of sp³-hybridized carbons (Fsp3) is 0.393. The van der Waals surface area contributed by atoms with Gasteiger partial charge < -0.3 is 15.7 Å². The minimum absolute atomic E-state index is 0.113. The van der Waals surface area contributed by atoms with Crippen molar-refractivity contribution in [3.05, 3.63) is 66.1 Å². The predicted octanol–water partition coefficient (Wildman–Crippen LogP) is 4.54. The number of fused-ring (bicyclic) bond motifs is 1. The summed E-state index contributed by atoms with van der Waals surface area (Å²) in [5.74, 6) is 1.44. The van der Waals surface area contributed by atoms with E-state index >= 15 is 0 Å². The fourth-order valence-corrected chi connectivity index (χ4v) is 5.32. The van der Waals surface area contributed by atoms with Crippen LogP contribution in [0, 0.1) is 11.7 Å². The highest BCUT2D eigenvalue weighted by Crippen LogP contribution is 2.40. The van der Waals surface area contributed by atoms with Crippen molar-refractivity contribution in [1.82, 2.24) is 30.2 Å². The minimum Gasteiger partial charge on any atom is -0.392 e. The van der Waals surface area contributed by atoms with Crippen molar-refractivity contribution in [3.8, 4) is 11.4 Å². The molecule has 0 aromatic carbocycles. The summed E-state index contributed by atoms with van der Waals surface area (Å²) < 4.78 is 14.1. The van der Waals surface area contributed by atoms with Crippen molar-refractivity contribution in [1.29, 1.82) is 0 Å². The number of β-amino-alcohol motifs (C(OH)–C–C–N with tert-alkyl or cyclic N) is 1. The van der Waals surface area contributed by atoms with Crippen LogP contribution in [0.5, 0.6) is 0 Å². The summed E-state index contributed by atoms with van der Waals surface area (Å²) in [6, 6.07) is 6.55. The Morgan fingerprint density at radius 2 is 2.00 bits per heavy atom. The molecule has 37 heavy (non-hydrogen) atoms. The number of anilines is 2. The molecule has 1 saturated heterocycles. The lowest BCUT2D eigenvalue weighted by molar-refractivity contribution is 0.0773. The maximum atomic E-state index is 14.1. The average Bonchev–Trinajstić information content (AvgIpc) is 2.88. The largest absolute Gasteiger partial charge is 0.392 e. The first kappa shape index (κ1) is 23.8. The van der Waals surface area contributed by atoms with E-state index in [1.165, 1.54) is 37.1 Å². The van der Waals surface area contributed by atoms with Crippen LogP contribution in [-0.4, -0.2) is 49.2 Å². The van der Waals surface area contributed by atoms with Crippen LogP contribution in [0.2, 0.25) is 0 Å². The van der Waals surface area contributed by atoms with E-state index in [9.17, 15) is 9.50 Å². The van der Waals surface area contributed by atoms with Gasteiger partial charge in [-0.15, -0.1) is 0 Å². The van der Waals surface area contributed by atoms with Gasteiger partial charge in [0.2, 0.25) is 0 Å². The molecule has 0 unspecified atom stereocenters. The monoisotopic (exact) mass is 499 g/mol. The Morgan fingerprint density at radius 3 is 2.81 bits per heavy atom. The zero-order valence-corrected chi connectivity index (χ0v) is 20.6. The first-order valence-corrected chi connectivity index (χ1v) is 13.0. The highest BCUT2D eigenvalue weighted by atomic mass is 19.1. The van der Waals surface area contributed by atoms with Crippen LogP contribution in [0.1, 0.15) is 49.3 Å². The summed E-state index contributed by atoms with van der Waals surface area (Å²) in [4.78, 5) is 22.9. The smallest absolute Gasteiger partial charge is 0.167 e. The Kier molecular flexibility index (Phi) is 6.72. The number of aliphatic hydroxyl groups excluding tert-OH is 1. The third-order valence-corrected chi connectivity index (χ3v) is 7.62. The average molecular weight is 500 g/mol. The molecule has 0 amide bonds. The van der Waals surface area contributed by atoms with E-state index in [4.69, 9.17) is 9.97 Å². The Balaban J connectivity index is 1.37. The minimum atomic E-state index is -0.450. The number of hydrogen-bond acceptors (Lipinski definition) is 8. The molecule has 1 saturated carbocycles. The quantitative estimate of drug-likeness (QED) is 0.340. The molecule has 4 aromatic rings. The maximum absolute atomic E-state index is 14.1. The van der Waals surface area contributed by atoms with Crippen LogP contribution in [0.25, 0.3) is 22.3 Å². The number of aromatic nitrogens is 5. The summed E-state index contributed by atoms with van der Waals surface area (Å²) >= 11 is 0. The van der Waals surface area contributed by atoms with E-state index < -0.39 is 5.82 Å². The standard InChI is InChI=1S/C28H30FN7O/c29-21-5-2-10-33-28(21)36-25-13-19(9-12-32-25)27-34-22(7-6-18-8-11-30-16-24(18)37)26-20(17-3-1-4-17)14-31-15-23(26)35-27/h2,5,9-10,12-15,17-18,24,30,37H,1,3-4,6-8,11,16H2,(H,32,33,36)/t18-,24+/m1/s1.